The number of thiophene rings is 1. The van der Waals surface area contributed by atoms with Gasteiger partial charge in [0.05, 0.1) is 12.3 Å². The molecule has 0 amide bonds. The van der Waals surface area contributed by atoms with Crippen LogP contribution in [0, 0.1) is 0 Å². The van der Waals surface area contributed by atoms with Crippen LogP contribution in [-0.2, 0) is 6.54 Å². The van der Waals surface area contributed by atoms with Crippen LogP contribution >= 0.6 is 11.3 Å². The summed E-state index contributed by atoms with van der Waals surface area (Å²) >= 11 is 1.85. The van der Waals surface area contributed by atoms with E-state index < -0.39 is 0 Å². The molecule has 7 aromatic carbocycles. The van der Waals surface area contributed by atoms with Crippen molar-refractivity contribution in [2.45, 2.75) is 30.9 Å². The van der Waals surface area contributed by atoms with Crippen molar-refractivity contribution >= 4 is 59.0 Å². The predicted molar refractivity (Wildman–Crippen MR) is 235 cm³/mol. The van der Waals surface area contributed by atoms with E-state index in [2.05, 4.69) is 156 Å². The molecule has 0 spiro atoms. The zero-order valence-corrected chi connectivity index (χ0v) is 31.9. The summed E-state index contributed by atoms with van der Waals surface area (Å²) in [6.07, 6.45) is 6.01. The van der Waals surface area contributed by atoms with Gasteiger partial charge in [-0.25, -0.2) is 0 Å². The van der Waals surface area contributed by atoms with E-state index in [9.17, 15) is 0 Å². The molecule has 3 heterocycles. The fraction of sp³-hybridized carbons (Fsp3) is 0.0980. The number of hydrogen-bond acceptors (Lipinski definition) is 6. The van der Waals surface area contributed by atoms with Crippen molar-refractivity contribution in [1.29, 1.82) is 0 Å². The van der Waals surface area contributed by atoms with Crippen LogP contribution < -0.4 is 21.1 Å². The van der Waals surface area contributed by atoms with E-state index in [-0.39, 0.29) is 24.4 Å². The molecule has 9 aromatic rings. The first-order chi connectivity index (χ1) is 28.2. The van der Waals surface area contributed by atoms with Crippen molar-refractivity contribution in [3.05, 3.63) is 204 Å². The van der Waals surface area contributed by atoms with Gasteiger partial charge in [-0.05, 0) is 22.8 Å². The Labute approximate surface area is 334 Å². The molecule has 0 saturated carbocycles. The summed E-state index contributed by atoms with van der Waals surface area (Å²) in [4.78, 5) is 0. The fourth-order valence-corrected chi connectivity index (χ4v) is 10.2. The SMILES string of the molecule is NC(NC(NCc1ccccc1)c1cccc2c1sc1c(C3=CC=CC4c5cccc(-c6cccc7c6oc6ccccc67)c5OC34)cccc12)c1ccccc1. The number of hydrogen-bond donors (Lipinski definition) is 3. The molecule has 276 valence electrons. The summed E-state index contributed by atoms with van der Waals surface area (Å²) in [6.45, 7) is 0.694. The van der Waals surface area contributed by atoms with Crippen LogP contribution in [0.1, 0.15) is 46.1 Å². The maximum Gasteiger partial charge on any atom is 0.143 e. The molecule has 1 aliphatic carbocycles. The first-order valence-electron chi connectivity index (χ1n) is 19.6. The zero-order valence-electron chi connectivity index (χ0n) is 31.1. The van der Waals surface area contributed by atoms with Crippen LogP contribution in [0.2, 0.25) is 0 Å². The van der Waals surface area contributed by atoms with Gasteiger partial charge in [0.2, 0.25) is 0 Å². The maximum absolute atomic E-state index is 7.14. The summed E-state index contributed by atoms with van der Waals surface area (Å²) < 4.78 is 16.1. The highest BCUT2D eigenvalue weighted by Crippen LogP contribution is 2.52. The standard InChI is InChI=1S/C51H39N3O2S/c52-50(32-16-5-2-6-17-32)54-51(53-30-31-14-3-1-4-15-31)43-28-13-27-42-41-26-12-25-40(48(41)57-49(42)43)39-24-11-23-38-37-22-10-21-36(46(37)56-47(38)39)35-20-9-19-34-33-18-7-8-29-44(33)55-45(34)35/h1-29,38,47,50-51,53-54H,30,52H2. The Bertz CT molecular complexity index is 3020. The number of rotatable bonds is 9. The minimum atomic E-state index is -0.361. The number of furan rings is 1. The van der Waals surface area contributed by atoms with Crippen molar-refractivity contribution in [1.82, 2.24) is 10.6 Å². The smallest absolute Gasteiger partial charge is 0.143 e. The van der Waals surface area contributed by atoms with Gasteiger partial charge in [0.25, 0.3) is 0 Å². The summed E-state index contributed by atoms with van der Waals surface area (Å²) in [5.74, 6) is 1.02. The maximum atomic E-state index is 7.14. The molecule has 6 heteroatoms. The topological polar surface area (TPSA) is 72.5 Å². The lowest BCUT2D eigenvalue weighted by molar-refractivity contribution is 0.279. The molecule has 11 rings (SSSR count). The Morgan fingerprint density at radius 2 is 1.32 bits per heavy atom. The third-order valence-corrected chi connectivity index (χ3v) is 12.9. The van der Waals surface area contributed by atoms with Gasteiger partial charge in [-0.2, -0.15) is 0 Å². The number of nitrogens with two attached hydrogens (primary N) is 1. The van der Waals surface area contributed by atoms with Crippen LogP contribution in [0.5, 0.6) is 5.75 Å². The summed E-state index contributed by atoms with van der Waals surface area (Å²) in [5, 5.41) is 12.3. The molecule has 4 N–H and O–H groups in total. The average Bonchev–Trinajstić information content (AvgIpc) is 3.97. The summed E-state index contributed by atoms with van der Waals surface area (Å²) in [6, 6.07) is 55.3. The van der Waals surface area contributed by atoms with E-state index >= 15 is 0 Å². The lowest BCUT2D eigenvalue weighted by Crippen LogP contribution is -2.39. The highest BCUT2D eigenvalue weighted by atomic mass is 32.1. The molecule has 0 radical (unpaired) electrons. The van der Waals surface area contributed by atoms with Gasteiger partial charge in [0, 0.05) is 71.2 Å². The van der Waals surface area contributed by atoms with E-state index in [0.29, 0.717) is 6.54 Å². The highest BCUT2D eigenvalue weighted by molar-refractivity contribution is 7.26. The van der Waals surface area contributed by atoms with Crippen molar-refractivity contribution < 1.29 is 9.15 Å². The van der Waals surface area contributed by atoms with E-state index in [1.54, 1.807) is 0 Å². The molecule has 4 atom stereocenters. The van der Waals surface area contributed by atoms with Gasteiger partial charge in [-0.3, -0.25) is 10.6 Å². The number of fused-ring (bicyclic) bond motifs is 9. The predicted octanol–water partition coefficient (Wildman–Crippen LogP) is 12.2. The second-order valence-corrected chi connectivity index (χ2v) is 16.0. The summed E-state index contributed by atoms with van der Waals surface area (Å²) in [5.41, 5.74) is 17.7. The number of benzene rings is 7. The Hall–Kier alpha value is -6.28. The van der Waals surface area contributed by atoms with Gasteiger partial charge in [-0.15, -0.1) is 11.3 Å². The normalized spacial score (nSPS) is 17.1. The van der Waals surface area contributed by atoms with Crippen molar-refractivity contribution in [2.24, 2.45) is 5.73 Å². The quantitative estimate of drug-likeness (QED) is 0.128. The minimum Gasteiger partial charge on any atom is -0.484 e. The van der Waals surface area contributed by atoms with E-state index in [1.807, 2.05) is 41.7 Å². The number of allylic oxidation sites excluding steroid dienone is 2. The average molecular weight is 758 g/mol. The molecule has 57 heavy (non-hydrogen) atoms. The lowest BCUT2D eigenvalue weighted by atomic mass is 9.83. The second-order valence-electron chi connectivity index (χ2n) is 14.9. The Kier molecular flexibility index (Phi) is 8.37. The largest absolute Gasteiger partial charge is 0.484 e. The molecule has 0 bridgehead atoms. The molecule has 1 aliphatic heterocycles. The molecular formula is C51H39N3O2S. The van der Waals surface area contributed by atoms with Crippen molar-refractivity contribution in [3.63, 3.8) is 0 Å². The Balaban J connectivity index is 0.980. The Morgan fingerprint density at radius 3 is 2.18 bits per heavy atom. The van der Waals surface area contributed by atoms with Crippen LogP contribution in [0.3, 0.4) is 0 Å². The van der Waals surface area contributed by atoms with Crippen LogP contribution in [0.25, 0.3) is 58.8 Å². The molecule has 0 fully saturated rings. The molecule has 4 unspecified atom stereocenters. The van der Waals surface area contributed by atoms with E-state index in [4.69, 9.17) is 14.9 Å². The monoisotopic (exact) mass is 757 g/mol. The number of nitrogens with one attached hydrogen (secondary N) is 2. The third kappa shape index (κ3) is 5.80. The lowest BCUT2D eigenvalue weighted by Gasteiger charge is -2.26. The molecule has 0 saturated heterocycles. The fourth-order valence-electron chi connectivity index (χ4n) is 8.87. The minimum absolute atomic E-state index is 0.0882. The van der Waals surface area contributed by atoms with Crippen LogP contribution in [0.15, 0.2) is 180 Å². The van der Waals surface area contributed by atoms with E-state index in [0.717, 1.165) is 44.4 Å². The van der Waals surface area contributed by atoms with Crippen LogP contribution in [0.4, 0.5) is 0 Å². The zero-order chi connectivity index (χ0) is 37.9. The number of ether oxygens (including phenoxy) is 1. The molecule has 2 aromatic heterocycles. The van der Waals surface area contributed by atoms with Gasteiger partial charge in [-0.1, -0.05) is 170 Å². The molecular weight excluding hydrogens is 719 g/mol. The Morgan fingerprint density at radius 1 is 0.632 bits per heavy atom. The summed E-state index contributed by atoms with van der Waals surface area (Å²) in [7, 11) is 0. The third-order valence-electron chi connectivity index (χ3n) is 11.6. The van der Waals surface area contributed by atoms with Gasteiger partial charge in [0.1, 0.15) is 23.0 Å². The van der Waals surface area contributed by atoms with Crippen LogP contribution in [-0.4, -0.2) is 6.10 Å². The molecule has 5 nitrogen and oxygen atoms in total. The van der Waals surface area contributed by atoms with Gasteiger partial charge >= 0.3 is 0 Å². The second kappa shape index (κ2) is 14.0. The van der Waals surface area contributed by atoms with E-state index in [1.165, 1.54) is 48.0 Å². The van der Waals surface area contributed by atoms with Crippen molar-refractivity contribution in [3.8, 4) is 16.9 Å². The highest BCUT2D eigenvalue weighted by Gasteiger charge is 2.39. The van der Waals surface area contributed by atoms with Gasteiger partial charge in [0.15, 0.2) is 0 Å². The van der Waals surface area contributed by atoms with Crippen molar-refractivity contribution in [2.75, 3.05) is 0 Å². The first-order valence-corrected chi connectivity index (χ1v) is 20.4. The van der Waals surface area contributed by atoms with Gasteiger partial charge < -0.3 is 14.9 Å². The first kappa shape index (κ1) is 34.0. The molecule has 2 aliphatic rings. The number of para-hydroxylation sites is 3.